The quantitative estimate of drug-likeness (QED) is 0.580. The van der Waals surface area contributed by atoms with Crippen LogP contribution in [0.4, 0.5) is 0 Å². The van der Waals surface area contributed by atoms with E-state index in [0.29, 0.717) is 0 Å². The summed E-state index contributed by atoms with van der Waals surface area (Å²) in [5.74, 6) is 0. The third-order valence-electron chi connectivity index (χ3n) is 3.92. The minimum atomic E-state index is -1.39. The topological polar surface area (TPSA) is 40.5 Å². The first kappa shape index (κ1) is 17.7. The van der Waals surface area contributed by atoms with Gasteiger partial charge in [0, 0.05) is 0 Å². The lowest BCUT2D eigenvalue weighted by Gasteiger charge is -2.32. The second-order valence-electron chi connectivity index (χ2n) is 6.36. The van der Waals surface area contributed by atoms with E-state index in [1.54, 1.807) is 12.2 Å². The molecule has 0 aromatic heterocycles. The van der Waals surface area contributed by atoms with Gasteiger partial charge in [-0.05, 0) is 50.2 Å². The van der Waals surface area contributed by atoms with Crippen molar-refractivity contribution >= 4 is 0 Å². The molecule has 1 rings (SSSR count). The molecular formula is C19H28O2. The second-order valence-corrected chi connectivity index (χ2v) is 6.36. The molecule has 1 aliphatic carbocycles. The lowest BCUT2D eigenvalue weighted by molar-refractivity contribution is 0.00238. The smallest absolute Gasteiger partial charge is 0.171 e. The average Bonchev–Trinajstić information content (AvgIpc) is 2.36. The molecule has 0 saturated heterocycles. The first-order chi connectivity index (χ1) is 9.83. The highest BCUT2D eigenvalue weighted by Crippen LogP contribution is 2.40. The highest BCUT2D eigenvalue weighted by atomic mass is 16.5. The Labute approximate surface area is 128 Å². The summed E-state index contributed by atoms with van der Waals surface area (Å²) in [6.45, 7) is 8.94. The highest BCUT2D eigenvalue weighted by molar-refractivity contribution is 5.36. The van der Waals surface area contributed by atoms with E-state index in [1.165, 1.54) is 42.1 Å². The fourth-order valence-corrected chi connectivity index (χ4v) is 2.72. The summed E-state index contributed by atoms with van der Waals surface area (Å²) < 4.78 is 0. The van der Waals surface area contributed by atoms with Crippen LogP contribution in [0, 0.1) is 5.41 Å². The van der Waals surface area contributed by atoms with E-state index >= 15 is 0 Å². The second kappa shape index (κ2) is 8.16. The molecule has 0 bridgehead atoms. The Kier molecular flexibility index (Phi) is 6.86. The van der Waals surface area contributed by atoms with Gasteiger partial charge in [-0.1, -0.05) is 61.4 Å². The number of rotatable bonds is 5. The Morgan fingerprint density at radius 3 is 2.52 bits per heavy atom. The van der Waals surface area contributed by atoms with Crippen molar-refractivity contribution in [2.24, 2.45) is 5.41 Å². The molecule has 0 atom stereocenters. The molecule has 0 amide bonds. The van der Waals surface area contributed by atoms with Crippen molar-refractivity contribution < 1.29 is 10.2 Å². The van der Waals surface area contributed by atoms with Crippen molar-refractivity contribution in [1.29, 1.82) is 0 Å². The van der Waals surface area contributed by atoms with E-state index in [9.17, 15) is 0 Å². The third kappa shape index (κ3) is 6.28. The fraction of sp³-hybridized carbons (Fsp3) is 0.474. The first-order valence-electron chi connectivity index (χ1n) is 7.59. The minimum absolute atomic E-state index is 0.273. The van der Waals surface area contributed by atoms with Gasteiger partial charge in [0.2, 0.25) is 0 Å². The lowest BCUT2D eigenvalue weighted by atomic mass is 9.72. The molecule has 0 fully saturated rings. The largest absolute Gasteiger partial charge is 0.365 e. The van der Waals surface area contributed by atoms with Crippen LogP contribution in [0.3, 0.4) is 0 Å². The Hall–Kier alpha value is -1.38. The molecule has 21 heavy (non-hydrogen) atoms. The average molecular weight is 288 g/mol. The molecule has 0 aromatic rings. The Morgan fingerprint density at radius 2 is 1.90 bits per heavy atom. The van der Waals surface area contributed by atoms with Crippen molar-refractivity contribution in [3.63, 3.8) is 0 Å². The number of allylic oxidation sites excluding steroid dienone is 9. The van der Waals surface area contributed by atoms with Crippen LogP contribution in [0.15, 0.2) is 59.3 Å². The SMILES string of the molecule is CC1=C(/C=C/C(C)=C\C=C\C=C\C(O)O)C(C)(C)CCC1. The molecular weight excluding hydrogens is 260 g/mol. The summed E-state index contributed by atoms with van der Waals surface area (Å²) in [7, 11) is 0. The predicted octanol–water partition coefficient (Wildman–Crippen LogP) is 4.44. The zero-order valence-corrected chi connectivity index (χ0v) is 13.6. The Morgan fingerprint density at radius 1 is 1.19 bits per heavy atom. The highest BCUT2D eigenvalue weighted by Gasteiger charge is 2.26. The molecule has 2 N–H and O–H groups in total. The molecule has 1 aliphatic rings. The van der Waals surface area contributed by atoms with Crippen LogP contribution in [0.2, 0.25) is 0 Å². The Bertz CT molecular complexity index is 486. The zero-order valence-electron chi connectivity index (χ0n) is 13.6. The summed E-state index contributed by atoms with van der Waals surface area (Å²) in [6, 6.07) is 0. The summed E-state index contributed by atoms with van der Waals surface area (Å²) >= 11 is 0. The molecule has 0 unspecified atom stereocenters. The molecule has 116 valence electrons. The van der Waals surface area contributed by atoms with Crippen LogP contribution >= 0.6 is 0 Å². The summed E-state index contributed by atoms with van der Waals surface area (Å²) in [4.78, 5) is 0. The molecule has 2 heteroatoms. The van der Waals surface area contributed by atoms with Gasteiger partial charge in [-0.3, -0.25) is 0 Å². The van der Waals surface area contributed by atoms with Gasteiger partial charge in [-0.25, -0.2) is 0 Å². The monoisotopic (exact) mass is 288 g/mol. The molecule has 0 heterocycles. The number of aliphatic hydroxyl groups is 2. The number of hydrogen-bond donors (Lipinski definition) is 2. The number of hydrogen-bond acceptors (Lipinski definition) is 2. The van der Waals surface area contributed by atoms with Gasteiger partial charge in [0.1, 0.15) is 0 Å². The van der Waals surface area contributed by atoms with Gasteiger partial charge < -0.3 is 10.2 Å². The maximum Gasteiger partial charge on any atom is 0.171 e. The summed E-state index contributed by atoms with van der Waals surface area (Å²) in [5, 5.41) is 17.3. The van der Waals surface area contributed by atoms with E-state index in [1.807, 2.05) is 12.2 Å². The maximum absolute atomic E-state index is 8.67. The van der Waals surface area contributed by atoms with E-state index in [4.69, 9.17) is 10.2 Å². The summed E-state index contributed by atoms with van der Waals surface area (Å²) in [6.07, 6.45) is 15.4. The van der Waals surface area contributed by atoms with E-state index < -0.39 is 6.29 Å². The van der Waals surface area contributed by atoms with Gasteiger partial charge >= 0.3 is 0 Å². The first-order valence-corrected chi connectivity index (χ1v) is 7.59. The van der Waals surface area contributed by atoms with Crippen LogP contribution in [0.25, 0.3) is 0 Å². The zero-order chi connectivity index (χ0) is 15.9. The van der Waals surface area contributed by atoms with Gasteiger partial charge in [0.05, 0.1) is 0 Å². The number of aliphatic hydroxyl groups excluding tert-OH is 1. The molecule has 0 aliphatic heterocycles. The van der Waals surface area contributed by atoms with Crippen molar-refractivity contribution in [3.8, 4) is 0 Å². The molecule has 0 spiro atoms. The standard InChI is InChI=1S/C19H28O2/c1-15(9-6-5-7-11-18(20)21)12-13-17-16(2)10-8-14-19(17,3)4/h5-7,9,11-13,18,20-21H,8,10,14H2,1-4H3/b6-5+,11-7+,13-12+,15-9-. The van der Waals surface area contributed by atoms with E-state index in [0.717, 1.165) is 0 Å². The van der Waals surface area contributed by atoms with E-state index in [2.05, 4.69) is 39.8 Å². The van der Waals surface area contributed by atoms with Crippen molar-refractivity contribution in [2.45, 2.75) is 53.2 Å². The Balaban J connectivity index is 2.71. The fourth-order valence-electron chi connectivity index (χ4n) is 2.72. The predicted molar refractivity (Wildman–Crippen MR) is 89.7 cm³/mol. The lowest BCUT2D eigenvalue weighted by Crippen LogP contribution is -2.19. The maximum atomic E-state index is 8.67. The van der Waals surface area contributed by atoms with Crippen LogP contribution in [0.1, 0.15) is 47.0 Å². The van der Waals surface area contributed by atoms with E-state index in [-0.39, 0.29) is 5.41 Å². The van der Waals surface area contributed by atoms with Crippen LogP contribution in [-0.2, 0) is 0 Å². The van der Waals surface area contributed by atoms with Crippen molar-refractivity contribution in [2.75, 3.05) is 0 Å². The van der Waals surface area contributed by atoms with Crippen LogP contribution in [-0.4, -0.2) is 16.5 Å². The van der Waals surface area contributed by atoms with Crippen molar-refractivity contribution in [3.05, 3.63) is 59.3 Å². The van der Waals surface area contributed by atoms with Gasteiger partial charge in [0.25, 0.3) is 0 Å². The van der Waals surface area contributed by atoms with Crippen LogP contribution in [0.5, 0.6) is 0 Å². The van der Waals surface area contributed by atoms with Crippen molar-refractivity contribution in [1.82, 2.24) is 0 Å². The third-order valence-corrected chi connectivity index (χ3v) is 3.92. The molecule has 0 aromatic carbocycles. The van der Waals surface area contributed by atoms with Gasteiger partial charge in [-0.15, -0.1) is 0 Å². The molecule has 2 nitrogen and oxygen atoms in total. The molecule has 0 radical (unpaired) electrons. The van der Waals surface area contributed by atoms with Gasteiger partial charge in [0.15, 0.2) is 6.29 Å². The normalized spacial score (nSPS) is 20.6. The minimum Gasteiger partial charge on any atom is -0.365 e. The van der Waals surface area contributed by atoms with Crippen LogP contribution < -0.4 is 0 Å². The molecule has 0 saturated carbocycles. The van der Waals surface area contributed by atoms with Gasteiger partial charge in [-0.2, -0.15) is 0 Å². The summed E-state index contributed by atoms with van der Waals surface area (Å²) in [5.41, 5.74) is 4.42.